The van der Waals surface area contributed by atoms with Crippen molar-refractivity contribution in [3.63, 3.8) is 0 Å². The van der Waals surface area contributed by atoms with Gasteiger partial charge in [-0.2, -0.15) is 59.9 Å². The van der Waals surface area contributed by atoms with E-state index in [1.165, 1.54) is 0 Å². The molecule has 0 aromatic heterocycles. The lowest BCUT2D eigenvalue weighted by atomic mass is 10.2. The van der Waals surface area contributed by atoms with E-state index in [-0.39, 0.29) is 0 Å². The third-order valence-electron chi connectivity index (χ3n) is 12.2. The summed E-state index contributed by atoms with van der Waals surface area (Å²) in [5, 5.41) is 44.0. The van der Waals surface area contributed by atoms with Crippen molar-refractivity contribution in [2.24, 2.45) is 59.9 Å². The first-order valence-electron chi connectivity index (χ1n) is 28.8. The van der Waals surface area contributed by atoms with Crippen LogP contribution in [0.3, 0.4) is 0 Å². The molecule has 0 bridgehead atoms. The van der Waals surface area contributed by atoms with Crippen LogP contribution in [-0.4, -0.2) is 213 Å². The van der Waals surface area contributed by atoms with Crippen molar-refractivity contribution in [1.82, 2.24) is 29.4 Å². The highest BCUT2D eigenvalue weighted by Crippen LogP contribution is 2.31. The highest BCUT2D eigenvalue weighted by atomic mass is 16.6. The van der Waals surface area contributed by atoms with Crippen molar-refractivity contribution in [2.45, 2.75) is 55.4 Å². The third-order valence-corrected chi connectivity index (χ3v) is 12.2. The van der Waals surface area contributed by atoms with Crippen LogP contribution < -0.4 is 9.80 Å². The number of benzene rings is 4. The van der Waals surface area contributed by atoms with Crippen molar-refractivity contribution in [3.05, 3.63) is 172 Å². The summed E-state index contributed by atoms with van der Waals surface area (Å²) in [7, 11) is 4.44. The lowest BCUT2D eigenvalue weighted by Crippen LogP contribution is -2.52. The van der Waals surface area contributed by atoms with Gasteiger partial charge < -0.3 is 19.6 Å². The van der Waals surface area contributed by atoms with Gasteiger partial charge in [0.05, 0.1) is 0 Å². The Kier molecular flexibility index (Phi) is 28.9. The normalized spacial score (nSPS) is 13.9. The van der Waals surface area contributed by atoms with Gasteiger partial charge in [0.25, 0.3) is 0 Å². The molecule has 92 heavy (non-hydrogen) atoms. The molecule has 488 valence electrons. The number of guanidine groups is 12. The zero-order valence-electron chi connectivity index (χ0n) is 53.5. The summed E-state index contributed by atoms with van der Waals surface area (Å²) in [5.74, 6) is 6.04. The molecule has 0 radical (unpaired) electrons. The first kappa shape index (κ1) is 72.8. The van der Waals surface area contributed by atoms with Crippen molar-refractivity contribution < 1.29 is 24.6 Å². The van der Waals surface area contributed by atoms with Gasteiger partial charge in [-0.3, -0.25) is 60.4 Å². The summed E-state index contributed by atoms with van der Waals surface area (Å²) < 4.78 is 0. The quantitative estimate of drug-likeness (QED) is 0.0981. The Morgan fingerprint density at radius 3 is 0.565 bits per heavy atom. The monoisotopic (exact) mass is 1270 g/mol. The summed E-state index contributed by atoms with van der Waals surface area (Å²) in [6.45, 7) is 22.8. The van der Waals surface area contributed by atoms with Crippen LogP contribution in [0.1, 0.15) is 55.4 Å². The fraction of sp³-hybridized carbons (Fsp3) is 0.368. The predicted molar refractivity (Wildman–Crippen MR) is 359 cm³/mol. The molecule has 6 aliphatic heterocycles. The van der Waals surface area contributed by atoms with E-state index in [1.54, 1.807) is 9.80 Å². The molecule has 0 spiro atoms. The highest BCUT2D eigenvalue weighted by molar-refractivity contribution is 6.33. The van der Waals surface area contributed by atoms with E-state index in [4.69, 9.17) is 110 Å². The SMILES string of the molecule is CCN(CC)C1=NC2=NC(N(CC)CC)=NC3=NC(N(c4ccccc4)c4ccccc4)=NC(=N1)N23.CCN(CC)C1=NC2=NC(N(CC)CC)=NC3=NC(N(c4ccccc4)c4ccccc4)=NC(=N1)N23.C[N+](=O)[O-].C[N+](=O)[O-].C[N+](=O)[O-].C[N+](=O)[O-].C[N+](=O)[O-]. The summed E-state index contributed by atoms with van der Waals surface area (Å²) >= 11 is 0. The van der Waals surface area contributed by atoms with Gasteiger partial charge in [0.15, 0.2) is 35.2 Å². The van der Waals surface area contributed by atoms with Gasteiger partial charge >= 0.3 is 0 Å². The number of aliphatic imine (C=N–C) groups is 12. The van der Waals surface area contributed by atoms with Crippen LogP contribution >= 0.6 is 0 Å². The van der Waals surface area contributed by atoms with E-state index < -0.39 is 24.6 Å². The summed E-state index contributed by atoms with van der Waals surface area (Å²) in [6.07, 6.45) is 0. The van der Waals surface area contributed by atoms with Crippen LogP contribution in [0.15, 0.2) is 181 Å². The van der Waals surface area contributed by atoms with Gasteiger partial charge in [0, 0.05) is 99.7 Å². The average molecular weight is 1270 g/mol. The van der Waals surface area contributed by atoms with Gasteiger partial charge in [-0.15, -0.1) is 0 Å². The van der Waals surface area contributed by atoms with Crippen LogP contribution in [0.2, 0.25) is 0 Å². The fourth-order valence-corrected chi connectivity index (χ4v) is 8.37. The predicted octanol–water partition coefficient (Wildman–Crippen LogP) is 7.44. The molecule has 6 heterocycles. The second-order valence-corrected chi connectivity index (χ2v) is 18.5. The van der Waals surface area contributed by atoms with Gasteiger partial charge in [-0.1, -0.05) is 72.8 Å². The maximum atomic E-state index is 8.81. The minimum atomic E-state index is -0.500. The molecule has 0 atom stereocenters. The molecule has 6 aliphatic rings. The maximum absolute atomic E-state index is 8.81. The molecule has 0 fully saturated rings. The van der Waals surface area contributed by atoms with E-state index in [9.17, 15) is 0 Å². The topological polar surface area (TPSA) is 390 Å². The Balaban J connectivity index is 0.000000304. The molecule has 0 unspecified atom stereocenters. The van der Waals surface area contributed by atoms with E-state index in [0.29, 0.717) is 71.5 Å². The summed E-state index contributed by atoms with van der Waals surface area (Å²) in [5.41, 5.74) is 3.75. The Labute approximate surface area is 531 Å². The molecule has 35 heteroatoms. The lowest BCUT2D eigenvalue weighted by molar-refractivity contribution is -0.445. The number of nitrogens with zero attached hydrogens (tertiary/aromatic N) is 25. The molecule has 0 amide bonds. The number of anilines is 4. The Bertz CT molecular complexity index is 3160. The second kappa shape index (κ2) is 36.6. The molecule has 0 aliphatic carbocycles. The van der Waals surface area contributed by atoms with Crippen LogP contribution in [0.4, 0.5) is 22.7 Å². The van der Waals surface area contributed by atoms with Crippen LogP contribution in [0.25, 0.3) is 0 Å². The lowest BCUT2D eigenvalue weighted by Gasteiger charge is -2.35. The smallest absolute Gasteiger partial charge is 0.246 e. The zero-order valence-corrected chi connectivity index (χ0v) is 53.5. The van der Waals surface area contributed by atoms with Crippen molar-refractivity contribution in [2.75, 3.05) is 97.4 Å². The van der Waals surface area contributed by atoms with E-state index in [2.05, 4.69) is 75.0 Å². The van der Waals surface area contributed by atoms with Crippen molar-refractivity contribution >= 4 is 94.3 Å². The maximum Gasteiger partial charge on any atom is 0.246 e. The van der Waals surface area contributed by atoms with Gasteiger partial charge in [0.2, 0.25) is 71.5 Å². The molecule has 10 rings (SSSR count). The third kappa shape index (κ3) is 21.3. The molecule has 0 N–H and O–H groups in total. The highest BCUT2D eigenvalue weighted by Gasteiger charge is 2.40. The van der Waals surface area contributed by atoms with E-state index >= 15 is 0 Å². The largest absolute Gasteiger partial charge is 0.341 e. The fourth-order valence-electron chi connectivity index (χ4n) is 8.37. The second-order valence-electron chi connectivity index (χ2n) is 18.5. The van der Waals surface area contributed by atoms with Crippen LogP contribution in [0, 0.1) is 50.6 Å². The Hall–Kier alpha value is -11.7. The Morgan fingerprint density at radius 2 is 0.413 bits per heavy atom. The van der Waals surface area contributed by atoms with E-state index in [1.807, 2.05) is 131 Å². The number of hydrogen-bond donors (Lipinski definition) is 0. The standard InChI is InChI=1S/2C26H30N10.5CH3NO2/c2*1-5-33(6-2)21-27-24-28-22(34(7-3)8-4)30-26-32-23(31-25(29-21)36(24)26)35(19-15-11-9-12-16-19)20-17-13-10-14-18-20;5*1-2(3)4/h2*9-18H,5-8H2,1-4H3;5*1H3. The first-order valence-corrected chi connectivity index (χ1v) is 28.8. The van der Waals surface area contributed by atoms with Crippen LogP contribution in [-0.2, 0) is 0 Å². The molecule has 4 aromatic carbocycles. The minimum Gasteiger partial charge on any atom is -0.341 e. The average Bonchev–Trinajstić information content (AvgIpc) is 0.759. The summed E-state index contributed by atoms with van der Waals surface area (Å²) in [6, 6.07) is 40.2. The molecule has 0 saturated heterocycles. The number of hydrogen-bond acceptors (Lipinski definition) is 30. The molecule has 0 saturated carbocycles. The molecule has 35 nitrogen and oxygen atoms in total. The minimum absolute atomic E-state index is 0.449. The van der Waals surface area contributed by atoms with Gasteiger partial charge in [-0.25, -0.2) is 9.80 Å². The van der Waals surface area contributed by atoms with Crippen LogP contribution in [0.5, 0.6) is 0 Å². The number of para-hydroxylation sites is 4. The Morgan fingerprint density at radius 1 is 0.272 bits per heavy atom. The zero-order chi connectivity index (χ0) is 68.0. The van der Waals surface area contributed by atoms with Crippen molar-refractivity contribution in [3.8, 4) is 0 Å². The summed E-state index contributed by atoms with van der Waals surface area (Å²) in [4.78, 5) is 115. The van der Waals surface area contributed by atoms with Gasteiger partial charge in [0.1, 0.15) is 0 Å². The van der Waals surface area contributed by atoms with Gasteiger partial charge in [-0.05, 0) is 104 Å². The van der Waals surface area contributed by atoms with E-state index in [0.717, 1.165) is 110 Å². The number of nitro groups is 5. The first-order chi connectivity index (χ1) is 44.0. The number of rotatable bonds is 12. The molecule has 4 aromatic rings. The van der Waals surface area contributed by atoms with Crippen molar-refractivity contribution in [1.29, 1.82) is 0 Å². The molecular formula is C57H75N25O10. The molecular weight excluding hydrogens is 1190 g/mol.